The molecular formula is C33H21N. The standard InChI is InChI=1S/C33H21N/c1-2-8-24-19(6-1)14-22-16-23-17-30-25(29(23)18-28(22)24)13-12-21-15-20-7-5-10-27-26-9-3-4-11-31(26)34(32(20)27)33(21)30/h1-13,16,18H,14-15,17H2. The molecule has 0 spiro atoms. The average molecular weight is 432 g/mol. The third-order valence-electron chi connectivity index (χ3n) is 8.42. The Kier molecular flexibility index (Phi) is 3.00. The minimum Gasteiger partial charge on any atom is -0.308 e. The molecule has 0 N–H and O–H groups in total. The molecule has 34 heavy (non-hydrogen) atoms. The van der Waals surface area contributed by atoms with Crippen LogP contribution < -0.4 is 0 Å². The third kappa shape index (κ3) is 1.98. The molecule has 6 aromatic rings. The Morgan fingerprint density at radius 2 is 1.24 bits per heavy atom. The fourth-order valence-corrected chi connectivity index (χ4v) is 7.03. The van der Waals surface area contributed by atoms with E-state index in [-0.39, 0.29) is 0 Å². The second-order valence-corrected chi connectivity index (χ2v) is 10.1. The van der Waals surface area contributed by atoms with Crippen molar-refractivity contribution in [1.29, 1.82) is 0 Å². The summed E-state index contributed by atoms with van der Waals surface area (Å²) >= 11 is 0. The van der Waals surface area contributed by atoms with Crippen LogP contribution in [0.1, 0.15) is 33.4 Å². The maximum atomic E-state index is 2.58. The Hall–Kier alpha value is -4.10. The summed E-state index contributed by atoms with van der Waals surface area (Å²) in [6, 6.07) is 34.4. The molecule has 0 saturated carbocycles. The number of fused-ring (bicyclic) bond motifs is 12. The zero-order chi connectivity index (χ0) is 22.0. The molecular weight excluding hydrogens is 410 g/mol. The van der Waals surface area contributed by atoms with E-state index >= 15 is 0 Å². The summed E-state index contributed by atoms with van der Waals surface area (Å²) in [6.07, 6.45) is 3.09. The molecule has 1 heteroatoms. The molecule has 0 saturated heterocycles. The van der Waals surface area contributed by atoms with Gasteiger partial charge in [-0.25, -0.2) is 0 Å². The lowest BCUT2D eigenvalue weighted by Crippen LogP contribution is -2.10. The minimum absolute atomic E-state index is 1.01. The van der Waals surface area contributed by atoms with Crippen LogP contribution in [0.3, 0.4) is 0 Å². The molecule has 0 radical (unpaired) electrons. The quantitative estimate of drug-likeness (QED) is 0.231. The van der Waals surface area contributed by atoms with E-state index in [1.54, 1.807) is 0 Å². The number of nitrogens with zero attached hydrogens (tertiary/aromatic N) is 1. The second kappa shape index (κ2) is 5.87. The van der Waals surface area contributed by atoms with Crippen molar-refractivity contribution >= 4 is 21.8 Å². The molecule has 0 unspecified atom stereocenters. The zero-order valence-electron chi connectivity index (χ0n) is 18.7. The van der Waals surface area contributed by atoms with Gasteiger partial charge in [-0.15, -0.1) is 0 Å². The predicted octanol–water partition coefficient (Wildman–Crippen LogP) is 7.83. The van der Waals surface area contributed by atoms with E-state index in [9.17, 15) is 0 Å². The van der Waals surface area contributed by atoms with Gasteiger partial charge in [0.05, 0.1) is 16.7 Å². The van der Waals surface area contributed by atoms with Crippen molar-refractivity contribution < 1.29 is 0 Å². The minimum atomic E-state index is 1.01. The highest BCUT2D eigenvalue weighted by Crippen LogP contribution is 2.49. The second-order valence-electron chi connectivity index (χ2n) is 10.1. The van der Waals surface area contributed by atoms with Crippen molar-refractivity contribution in [1.82, 2.24) is 4.57 Å². The molecule has 2 heterocycles. The van der Waals surface area contributed by atoms with Gasteiger partial charge in [-0.2, -0.15) is 0 Å². The van der Waals surface area contributed by atoms with Gasteiger partial charge in [0.1, 0.15) is 0 Å². The Morgan fingerprint density at radius 3 is 2.24 bits per heavy atom. The predicted molar refractivity (Wildman–Crippen MR) is 140 cm³/mol. The van der Waals surface area contributed by atoms with E-state index < -0.39 is 0 Å². The van der Waals surface area contributed by atoms with Crippen LogP contribution in [0, 0.1) is 0 Å². The first-order valence-electron chi connectivity index (χ1n) is 12.3. The maximum absolute atomic E-state index is 2.58. The van der Waals surface area contributed by atoms with E-state index in [1.807, 2.05) is 0 Å². The monoisotopic (exact) mass is 431 g/mol. The van der Waals surface area contributed by atoms with Gasteiger partial charge in [0.15, 0.2) is 0 Å². The molecule has 3 aliphatic rings. The van der Waals surface area contributed by atoms with E-state index in [2.05, 4.69) is 95.6 Å². The molecule has 1 aliphatic heterocycles. The summed E-state index contributed by atoms with van der Waals surface area (Å²) in [4.78, 5) is 0. The number of para-hydroxylation sites is 2. The lowest BCUT2D eigenvalue weighted by atomic mass is 9.92. The number of aromatic nitrogens is 1. The van der Waals surface area contributed by atoms with Gasteiger partial charge in [-0.3, -0.25) is 0 Å². The van der Waals surface area contributed by atoms with Crippen molar-refractivity contribution in [2.75, 3.05) is 0 Å². The molecule has 158 valence electrons. The average Bonchev–Trinajstić information content (AvgIpc) is 3.53. The first-order valence-corrected chi connectivity index (χ1v) is 12.3. The normalized spacial score (nSPS) is 14.1. The molecule has 5 aromatic carbocycles. The molecule has 0 amide bonds. The summed E-state index contributed by atoms with van der Waals surface area (Å²) in [5.41, 5.74) is 18.7. The number of rotatable bonds is 0. The van der Waals surface area contributed by atoms with Crippen molar-refractivity contribution in [3.05, 3.63) is 124 Å². The molecule has 2 aliphatic carbocycles. The zero-order valence-corrected chi connectivity index (χ0v) is 18.7. The van der Waals surface area contributed by atoms with Gasteiger partial charge < -0.3 is 4.57 Å². The van der Waals surface area contributed by atoms with Gasteiger partial charge in [0.25, 0.3) is 0 Å². The van der Waals surface area contributed by atoms with Crippen LogP contribution in [0.4, 0.5) is 0 Å². The van der Waals surface area contributed by atoms with Gasteiger partial charge in [0, 0.05) is 23.6 Å². The van der Waals surface area contributed by atoms with Crippen LogP contribution >= 0.6 is 0 Å². The lowest BCUT2D eigenvalue weighted by Gasteiger charge is -2.23. The van der Waals surface area contributed by atoms with Crippen LogP contribution in [-0.4, -0.2) is 4.57 Å². The topological polar surface area (TPSA) is 4.93 Å². The molecule has 0 bridgehead atoms. The van der Waals surface area contributed by atoms with E-state index in [4.69, 9.17) is 0 Å². The van der Waals surface area contributed by atoms with Crippen molar-refractivity contribution in [3.8, 4) is 27.9 Å². The third-order valence-corrected chi connectivity index (χ3v) is 8.42. The summed E-state index contributed by atoms with van der Waals surface area (Å²) < 4.78 is 2.58. The largest absolute Gasteiger partial charge is 0.308 e. The van der Waals surface area contributed by atoms with Crippen LogP contribution in [0.25, 0.3) is 49.7 Å². The first kappa shape index (κ1) is 17.4. The maximum Gasteiger partial charge on any atom is 0.0576 e. The summed E-state index contributed by atoms with van der Waals surface area (Å²) in [6.45, 7) is 0. The highest BCUT2D eigenvalue weighted by Gasteiger charge is 2.31. The molecule has 1 nitrogen and oxygen atoms in total. The molecule has 0 fully saturated rings. The molecule has 0 atom stereocenters. The summed E-state index contributed by atoms with van der Waals surface area (Å²) in [7, 11) is 0. The highest BCUT2D eigenvalue weighted by molar-refractivity contribution is 6.11. The van der Waals surface area contributed by atoms with E-state index in [0.29, 0.717) is 0 Å². The molecule has 1 aromatic heterocycles. The Morgan fingerprint density at radius 1 is 0.471 bits per heavy atom. The van der Waals surface area contributed by atoms with Crippen molar-refractivity contribution in [2.24, 2.45) is 0 Å². The van der Waals surface area contributed by atoms with Crippen molar-refractivity contribution in [2.45, 2.75) is 19.3 Å². The van der Waals surface area contributed by atoms with E-state index in [1.165, 1.54) is 83.1 Å². The SMILES string of the molecule is c1ccc2c(c1)Cc1cc3c(cc1-2)-c1ccc2c(c1C3)-n1c3ccccc3c3cccc(c31)C2. The smallest absolute Gasteiger partial charge is 0.0576 e. The van der Waals surface area contributed by atoms with Crippen LogP contribution in [0.5, 0.6) is 0 Å². The fraction of sp³-hybridized carbons (Fsp3) is 0.0909. The first-order chi connectivity index (χ1) is 16.8. The number of hydrogen-bond donors (Lipinski definition) is 0. The molecule has 9 rings (SSSR count). The van der Waals surface area contributed by atoms with Gasteiger partial charge in [0.2, 0.25) is 0 Å². The Balaban J connectivity index is 1.35. The lowest BCUT2D eigenvalue weighted by molar-refractivity contribution is 1.02. The number of benzene rings is 5. The van der Waals surface area contributed by atoms with Gasteiger partial charge in [-0.1, -0.05) is 78.9 Å². The Bertz CT molecular complexity index is 1880. The highest BCUT2D eigenvalue weighted by atomic mass is 15.0. The Labute approximate surface area is 197 Å². The van der Waals surface area contributed by atoms with Crippen LogP contribution in [0.15, 0.2) is 91.0 Å². The van der Waals surface area contributed by atoms with Crippen LogP contribution in [0.2, 0.25) is 0 Å². The number of hydrogen-bond acceptors (Lipinski definition) is 0. The summed E-state index contributed by atoms with van der Waals surface area (Å²) in [5.74, 6) is 0. The van der Waals surface area contributed by atoms with Gasteiger partial charge >= 0.3 is 0 Å². The van der Waals surface area contributed by atoms with E-state index in [0.717, 1.165) is 19.3 Å². The van der Waals surface area contributed by atoms with Crippen molar-refractivity contribution in [3.63, 3.8) is 0 Å². The summed E-state index contributed by atoms with van der Waals surface area (Å²) in [5, 5.41) is 2.73. The van der Waals surface area contributed by atoms with Crippen LogP contribution in [-0.2, 0) is 19.3 Å². The van der Waals surface area contributed by atoms with Gasteiger partial charge in [-0.05, 0) is 74.2 Å². The fourth-order valence-electron chi connectivity index (χ4n) is 7.03.